The molecule has 0 bridgehead atoms. The molecule has 1 aliphatic rings. The van der Waals surface area contributed by atoms with Crippen molar-refractivity contribution in [2.75, 3.05) is 7.05 Å². The lowest BCUT2D eigenvalue weighted by molar-refractivity contribution is 0.759. The Hall–Kier alpha value is -0.990. The molecule has 1 saturated carbocycles. The third kappa shape index (κ3) is 3.49. The molecule has 0 heterocycles. The topological polar surface area (TPSA) is 36.4 Å². The summed E-state index contributed by atoms with van der Waals surface area (Å²) in [4.78, 5) is 4.45. The molecule has 0 amide bonds. The van der Waals surface area contributed by atoms with Crippen molar-refractivity contribution in [2.24, 2.45) is 4.99 Å². The van der Waals surface area contributed by atoms with Crippen LogP contribution in [0.2, 0.25) is 0 Å². The number of nitrogens with one attached hydrogen (secondary N) is 2. The summed E-state index contributed by atoms with van der Waals surface area (Å²) in [6, 6.07) is 0.654. The largest absolute Gasteiger partial charge is 0.389 e. The van der Waals surface area contributed by atoms with Crippen LogP contribution in [0.25, 0.3) is 0 Å². The van der Waals surface area contributed by atoms with Crippen LogP contribution in [-0.4, -0.2) is 18.8 Å². The normalized spacial score (nSPS) is 17.5. The smallest absolute Gasteiger partial charge is 0.144 e. The van der Waals surface area contributed by atoms with E-state index in [4.69, 9.17) is 0 Å². The molecule has 1 rings (SSSR count). The van der Waals surface area contributed by atoms with Gasteiger partial charge in [-0.1, -0.05) is 0 Å². The van der Waals surface area contributed by atoms with Gasteiger partial charge in [0.15, 0.2) is 0 Å². The molecule has 3 heteroatoms. The summed E-state index contributed by atoms with van der Waals surface area (Å²) in [6.07, 6.45) is 2.55. The number of nitrogens with zero attached hydrogens (tertiary/aromatic N) is 1. The van der Waals surface area contributed by atoms with Crippen LogP contribution in [0.1, 0.15) is 33.6 Å². The predicted octanol–water partition coefficient (Wildman–Crippen LogP) is 1.63. The second-order valence-corrected chi connectivity index (χ2v) is 3.70. The highest BCUT2D eigenvalue weighted by atomic mass is 15.1. The summed E-state index contributed by atoms with van der Waals surface area (Å²) in [7, 11) is 1.92. The first-order valence-electron chi connectivity index (χ1n) is 4.80. The number of aliphatic imine (C=N–C) groups is 1. The van der Waals surface area contributed by atoms with Gasteiger partial charge in [-0.2, -0.15) is 0 Å². The first-order valence-corrected chi connectivity index (χ1v) is 4.80. The summed E-state index contributed by atoms with van der Waals surface area (Å²) in [6.45, 7) is 6.06. The summed E-state index contributed by atoms with van der Waals surface area (Å²) >= 11 is 0. The average Bonchev–Trinajstić information content (AvgIpc) is 2.85. The molecule has 0 aromatic heterocycles. The van der Waals surface area contributed by atoms with Gasteiger partial charge in [-0.05, 0) is 33.6 Å². The van der Waals surface area contributed by atoms with E-state index in [9.17, 15) is 0 Å². The van der Waals surface area contributed by atoms with Gasteiger partial charge in [-0.15, -0.1) is 0 Å². The van der Waals surface area contributed by atoms with Crippen molar-refractivity contribution in [3.63, 3.8) is 0 Å². The lowest BCUT2D eigenvalue weighted by atomic mass is 10.4. The van der Waals surface area contributed by atoms with Crippen LogP contribution < -0.4 is 10.6 Å². The molecule has 0 aromatic carbocycles. The van der Waals surface area contributed by atoms with Crippen molar-refractivity contribution in [1.82, 2.24) is 10.6 Å². The van der Waals surface area contributed by atoms with E-state index in [1.807, 2.05) is 27.8 Å². The zero-order valence-electron chi connectivity index (χ0n) is 8.94. The van der Waals surface area contributed by atoms with Crippen LogP contribution in [0.5, 0.6) is 0 Å². The van der Waals surface area contributed by atoms with Crippen molar-refractivity contribution < 1.29 is 0 Å². The summed E-state index contributed by atoms with van der Waals surface area (Å²) < 4.78 is 0. The molecule has 0 radical (unpaired) electrons. The zero-order chi connectivity index (χ0) is 9.84. The van der Waals surface area contributed by atoms with Crippen LogP contribution >= 0.6 is 0 Å². The standard InChI is InChI=1S/C10H19N3/c1-7(2)12-10(8(3)11-4)13-9-5-6-9/h9,11,13H,5-6H2,1-4H3/b10-8+. The maximum absolute atomic E-state index is 4.45. The molecular formula is C10H19N3. The molecule has 13 heavy (non-hydrogen) atoms. The molecule has 2 N–H and O–H groups in total. The van der Waals surface area contributed by atoms with E-state index in [1.54, 1.807) is 0 Å². The Bertz CT molecular complexity index is 233. The Morgan fingerprint density at radius 2 is 1.85 bits per heavy atom. The number of hydrogen-bond donors (Lipinski definition) is 2. The second-order valence-electron chi connectivity index (χ2n) is 3.70. The van der Waals surface area contributed by atoms with Gasteiger partial charge in [0.2, 0.25) is 0 Å². The first kappa shape index (κ1) is 10.1. The van der Waals surface area contributed by atoms with Gasteiger partial charge in [-0.3, -0.25) is 0 Å². The summed E-state index contributed by atoms with van der Waals surface area (Å²) in [5.41, 5.74) is 2.19. The van der Waals surface area contributed by atoms with Crippen molar-refractivity contribution in [2.45, 2.75) is 39.7 Å². The van der Waals surface area contributed by atoms with Gasteiger partial charge < -0.3 is 10.6 Å². The molecule has 0 atom stereocenters. The van der Waals surface area contributed by atoms with Crippen LogP contribution in [0.4, 0.5) is 0 Å². The van der Waals surface area contributed by atoms with Gasteiger partial charge >= 0.3 is 0 Å². The maximum Gasteiger partial charge on any atom is 0.144 e. The fraction of sp³-hybridized carbons (Fsp3) is 0.700. The van der Waals surface area contributed by atoms with Crippen LogP contribution in [-0.2, 0) is 0 Å². The van der Waals surface area contributed by atoms with Gasteiger partial charge in [0, 0.05) is 18.8 Å². The summed E-state index contributed by atoms with van der Waals surface area (Å²) in [5.74, 6) is 0.991. The van der Waals surface area contributed by atoms with Crippen LogP contribution in [0.15, 0.2) is 16.5 Å². The molecule has 1 aliphatic carbocycles. The SMILES string of the molecule is CN/C(C)=C(\N=C(C)C)NC1CC1. The van der Waals surface area contributed by atoms with Crippen molar-refractivity contribution in [3.8, 4) is 0 Å². The molecular weight excluding hydrogens is 162 g/mol. The minimum atomic E-state index is 0.654. The molecule has 74 valence electrons. The third-order valence-electron chi connectivity index (χ3n) is 1.98. The average molecular weight is 181 g/mol. The number of hydrogen-bond acceptors (Lipinski definition) is 3. The Morgan fingerprint density at radius 3 is 2.23 bits per heavy atom. The Kier molecular flexibility index (Phi) is 3.34. The Balaban J connectivity index is 2.67. The highest BCUT2D eigenvalue weighted by Gasteiger charge is 2.22. The van der Waals surface area contributed by atoms with Crippen molar-refractivity contribution in [1.29, 1.82) is 0 Å². The molecule has 1 fully saturated rings. The van der Waals surface area contributed by atoms with E-state index in [0.29, 0.717) is 6.04 Å². The van der Waals surface area contributed by atoms with Gasteiger partial charge in [0.25, 0.3) is 0 Å². The van der Waals surface area contributed by atoms with Crippen LogP contribution in [0.3, 0.4) is 0 Å². The molecule has 0 saturated heterocycles. The molecule has 0 spiro atoms. The predicted molar refractivity (Wildman–Crippen MR) is 56.7 cm³/mol. The van der Waals surface area contributed by atoms with Crippen molar-refractivity contribution >= 4 is 5.71 Å². The maximum atomic E-state index is 4.45. The quantitative estimate of drug-likeness (QED) is 0.647. The minimum absolute atomic E-state index is 0.654. The lowest BCUT2D eigenvalue weighted by Gasteiger charge is -2.10. The monoisotopic (exact) mass is 181 g/mol. The minimum Gasteiger partial charge on any atom is -0.389 e. The zero-order valence-corrected chi connectivity index (χ0v) is 8.94. The van der Waals surface area contributed by atoms with E-state index in [2.05, 4.69) is 15.6 Å². The fourth-order valence-electron chi connectivity index (χ4n) is 0.987. The van der Waals surface area contributed by atoms with Gasteiger partial charge in [0.1, 0.15) is 5.82 Å². The van der Waals surface area contributed by atoms with E-state index < -0.39 is 0 Å². The highest BCUT2D eigenvalue weighted by molar-refractivity contribution is 5.80. The van der Waals surface area contributed by atoms with E-state index in [-0.39, 0.29) is 0 Å². The molecule has 0 unspecified atom stereocenters. The second kappa shape index (κ2) is 4.30. The first-order chi connectivity index (χ1) is 6.13. The molecule has 0 aromatic rings. The Morgan fingerprint density at radius 1 is 1.23 bits per heavy atom. The van der Waals surface area contributed by atoms with E-state index >= 15 is 0 Å². The highest BCUT2D eigenvalue weighted by Crippen LogP contribution is 2.21. The molecule has 0 aliphatic heterocycles. The Labute approximate surface area is 80.3 Å². The number of rotatable bonds is 4. The third-order valence-corrected chi connectivity index (χ3v) is 1.98. The van der Waals surface area contributed by atoms with E-state index in [1.165, 1.54) is 12.8 Å². The van der Waals surface area contributed by atoms with Gasteiger partial charge in [-0.25, -0.2) is 4.99 Å². The van der Waals surface area contributed by atoms with Crippen LogP contribution in [0, 0.1) is 0 Å². The lowest BCUT2D eigenvalue weighted by Crippen LogP contribution is -2.20. The fourth-order valence-corrected chi connectivity index (χ4v) is 0.987. The van der Waals surface area contributed by atoms with E-state index in [0.717, 1.165) is 17.2 Å². The number of allylic oxidation sites excluding steroid dienone is 1. The summed E-state index contributed by atoms with van der Waals surface area (Å²) in [5, 5.41) is 6.52. The van der Waals surface area contributed by atoms with Gasteiger partial charge in [0.05, 0.1) is 5.70 Å². The molecule has 3 nitrogen and oxygen atoms in total. The van der Waals surface area contributed by atoms with Crippen molar-refractivity contribution in [3.05, 3.63) is 11.5 Å².